The topological polar surface area (TPSA) is 24.1 Å². The Labute approximate surface area is 114 Å². The highest BCUT2D eigenvalue weighted by Crippen LogP contribution is 2.32. The number of anilines is 1. The lowest BCUT2D eigenvalue weighted by Crippen LogP contribution is -2.29. The van der Waals surface area contributed by atoms with Gasteiger partial charge in [0.25, 0.3) is 0 Å². The molecule has 0 aliphatic rings. The van der Waals surface area contributed by atoms with Gasteiger partial charge in [-0.3, -0.25) is 0 Å². The third-order valence-corrected chi connectivity index (χ3v) is 2.59. The van der Waals surface area contributed by atoms with E-state index in [0.717, 1.165) is 18.9 Å². The monoisotopic (exact) mass is 294 g/mol. The van der Waals surface area contributed by atoms with Crippen LogP contribution in [0.15, 0.2) is 18.2 Å². The number of rotatable bonds is 4. The third kappa shape index (κ3) is 5.02. The Morgan fingerprint density at radius 3 is 2.58 bits per heavy atom. The second kappa shape index (κ2) is 6.70. The van der Waals surface area contributed by atoms with Gasteiger partial charge in [-0.25, -0.2) is 4.39 Å². The van der Waals surface area contributed by atoms with Crippen molar-refractivity contribution in [3.63, 3.8) is 0 Å². The van der Waals surface area contributed by atoms with Gasteiger partial charge in [0.15, 0.2) is 5.11 Å². The lowest BCUT2D eigenvalue weighted by atomic mass is 10.2. The third-order valence-electron chi connectivity index (χ3n) is 2.35. The Balaban J connectivity index is 2.72. The van der Waals surface area contributed by atoms with Gasteiger partial charge in [0.1, 0.15) is 5.82 Å². The average Bonchev–Trinajstić information content (AvgIpc) is 2.30. The number of hydrogen-bond donors (Lipinski definition) is 2. The van der Waals surface area contributed by atoms with Crippen LogP contribution >= 0.6 is 12.2 Å². The van der Waals surface area contributed by atoms with Crippen LogP contribution in [-0.2, 0) is 6.18 Å². The fourth-order valence-corrected chi connectivity index (χ4v) is 1.59. The van der Waals surface area contributed by atoms with E-state index in [-0.39, 0.29) is 10.8 Å². The lowest BCUT2D eigenvalue weighted by molar-refractivity contribution is -0.139. The Hall–Kier alpha value is -1.37. The van der Waals surface area contributed by atoms with Crippen molar-refractivity contribution in [2.75, 3.05) is 11.9 Å². The minimum Gasteiger partial charge on any atom is -0.362 e. The number of alkyl halides is 3. The minimum absolute atomic E-state index is 0.0997. The number of benzene rings is 1. The molecule has 0 saturated carbocycles. The van der Waals surface area contributed by atoms with E-state index in [9.17, 15) is 17.6 Å². The van der Waals surface area contributed by atoms with Crippen molar-refractivity contribution in [1.29, 1.82) is 0 Å². The van der Waals surface area contributed by atoms with Gasteiger partial charge < -0.3 is 10.6 Å². The lowest BCUT2D eigenvalue weighted by Gasteiger charge is -2.13. The van der Waals surface area contributed by atoms with E-state index < -0.39 is 17.6 Å². The highest BCUT2D eigenvalue weighted by molar-refractivity contribution is 7.80. The maximum absolute atomic E-state index is 13.1. The number of unbranched alkanes of at least 4 members (excludes halogenated alkanes) is 1. The Morgan fingerprint density at radius 2 is 2.00 bits per heavy atom. The zero-order valence-electron chi connectivity index (χ0n) is 10.3. The van der Waals surface area contributed by atoms with Gasteiger partial charge in [-0.1, -0.05) is 13.3 Å². The quantitative estimate of drug-likeness (QED) is 0.500. The molecule has 0 bridgehead atoms. The van der Waals surface area contributed by atoms with E-state index in [0.29, 0.717) is 12.6 Å². The summed E-state index contributed by atoms with van der Waals surface area (Å²) in [6, 6.07) is 2.67. The molecule has 7 heteroatoms. The first-order valence-corrected chi connectivity index (χ1v) is 6.17. The standard InChI is InChI=1S/C12H14F4N2S/c1-2-3-6-17-11(19)18-8-4-5-10(13)9(7-8)12(14,15)16/h4-5,7H,2-3,6H2,1H3,(H2,17,18,19). The molecule has 106 valence electrons. The summed E-state index contributed by atoms with van der Waals surface area (Å²) in [5.41, 5.74) is -1.21. The predicted molar refractivity (Wildman–Crippen MR) is 70.5 cm³/mol. The molecular weight excluding hydrogens is 280 g/mol. The summed E-state index contributed by atoms with van der Waals surface area (Å²) in [5, 5.41) is 5.66. The zero-order chi connectivity index (χ0) is 14.5. The normalized spacial score (nSPS) is 11.2. The predicted octanol–water partition coefficient (Wildman–Crippen LogP) is 3.93. The molecule has 1 aromatic carbocycles. The van der Waals surface area contributed by atoms with Crippen LogP contribution in [-0.4, -0.2) is 11.7 Å². The molecule has 1 aromatic rings. The van der Waals surface area contributed by atoms with Crippen LogP contribution in [0.2, 0.25) is 0 Å². The van der Waals surface area contributed by atoms with E-state index in [1.807, 2.05) is 6.92 Å². The molecule has 0 aliphatic heterocycles. The molecule has 0 heterocycles. The smallest absolute Gasteiger partial charge is 0.362 e. The average molecular weight is 294 g/mol. The van der Waals surface area contributed by atoms with Crippen molar-refractivity contribution in [2.24, 2.45) is 0 Å². The summed E-state index contributed by atoms with van der Waals surface area (Å²) < 4.78 is 50.6. The zero-order valence-corrected chi connectivity index (χ0v) is 11.1. The van der Waals surface area contributed by atoms with Crippen LogP contribution in [0.1, 0.15) is 25.3 Å². The molecule has 0 saturated heterocycles. The van der Waals surface area contributed by atoms with Crippen molar-refractivity contribution < 1.29 is 17.6 Å². The molecule has 0 amide bonds. The van der Waals surface area contributed by atoms with Gasteiger partial charge in [-0.05, 0) is 36.8 Å². The summed E-state index contributed by atoms with van der Waals surface area (Å²) in [7, 11) is 0. The van der Waals surface area contributed by atoms with Crippen molar-refractivity contribution in [3.8, 4) is 0 Å². The first kappa shape index (κ1) is 15.7. The molecule has 0 unspecified atom stereocenters. The molecule has 0 fully saturated rings. The summed E-state index contributed by atoms with van der Waals surface area (Å²) in [4.78, 5) is 0. The molecule has 2 N–H and O–H groups in total. The molecule has 0 spiro atoms. The van der Waals surface area contributed by atoms with Crippen molar-refractivity contribution in [1.82, 2.24) is 5.32 Å². The van der Waals surface area contributed by atoms with Crippen molar-refractivity contribution in [3.05, 3.63) is 29.6 Å². The Bertz CT molecular complexity index is 446. The number of halogens is 4. The molecular formula is C12H14F4N2S. The second-order valence-corrected chi connectivity index (χ2v) is 4.34. The van der Waals surface area contributed by atoms with Crippen LogP contribution in [0.5, 0.6) is 0 Å². The fourth-order valence-electron chi connectivity index (χ4n) is 1.37. The Kier molecular flexibility index (Phi) is 5.53. The molecule has 19 heavy (non-hydrogen) atoms. The van der Waals surface area contributed by atoms with Crippen LogP contribution in [0, 0.1) is 5.82 Å². The maximum atomic E-state index is 13.1. The number of hydrogen-bond acceptors (Lipinski definition) is 1. The summed E-state index contributed by atoms with van der Waals surface area (Å²) in [6.45, 7) is 2.64. The maximum Gasteiger partial charge on any atom is 0.419 e. The van der Waals surface area contributed by atoms with Crippen LogP contribution in [0.25, 0.3) is 0 Å². The van der Waals surface area contributed by atoms with Gasteiger partial charge >= 0.3 is 6.18 Å². The van der Waals surface area contributed by atoms with Gasteiger partial charge in [0, 0.05) is 12.2 Å². The van der Waals surface area contributed by atoms with E-state index >= 15 is 0 Å². The van der Waals surface area contributed by atoms with Crippen LogP contribution < -0.4 is 10.6 Å². The molecule has 0 aromatic heterocycles. The molecule has 2 nitrogen and oxygen atoms in total. The van der Waals surface area contributed by atoms with E-state index in [4.69, 9.17) is 12.2 Å². The largest absolute Gasteiger partial charge is 0.419 e. The fraction of sp³-hybridized carbons (Fsp3) is 0.417. The number of nitrogens with one attached hydrogen (secondary N) is 2. The van der Waals surface area contributed by atoms with Gasteiger partial charge in [-0.2, -0.15) is 13.2 Å². The molecule has 0 atom stereocenters. The first-order valence-electron chi connectivity index (χ1n) is 5.76. The first-order chi connectivity index (χ1) is 8.84. The highest BCUT2D eigenvalue weighted by Gasteiger charge is 2.34. The second-order valence-electron chi connectivity index (χ2n) is 3.93. The van der Waals surface area contributed by atoms with Gasteiger partial charge in [0.05, 0.1) is 5.56 Å². The van der Waals surface area contributed by atoms with Crippen LogP contribution in [0.3, 0.4) is 0 Å². The molecule has 0 aliphatic carbocycles. The molecule has 0 radical (unpaired) electrons. The minimum atomic E-state index is -4.72. The van der Waals surface area contributed by atoms with E-state index in [1.165, 1.54) is 6.07 Å². The summed E-state index contributed by atoms with van der Waals surface area (Å²) in [6.07, 6.45) is -2.84. The van der Waals surface area contributed by atoms with Gasteiger partial charge in [-0.15, -0.1) is 0 Å². The molecule has 1 rings (SSSR count). The summed E-state index contributed by atoms with van der Waals surface area (Å²) in [5.74, 6) is -1.30. The van der Waals surface area contributed by atoms with Gasteiger partial charge in [0.2, 0.25) is 0 Å². The van der Waals surface area contributed by atoms with Crippen LogP contribution in [0.4, 0.5) is 23.2 Å². The summed E-state index contributed by atoms with van der Waals surface area (Å²) >= 11 is 4.92. The van der Waals surface area contributed by atoms with E-state index in [1.54, 1.807) is 0 Å². The van der Waals surface area contributed by atoms with Crippen molar-refractivity contribution >= 4 is 23.0 Å². The SMILES string of the molecule is CCCCNC(=S)Nc1ccc(F)c(C(F)(F)F)c1. The van der Waals surface area contributed by atoms with Crippen molar-refractivity contribution in [2.45, 2.75) is 25.9 Å². The highest BCUT2D eigenvalue weighted by atomic mass is 32.1. The van der Waals surface area contributed by atoms with E-state index in [2.05, 4.69) is 10.6 Å². The number of thiocarbonyl (C=S) groups is 1. The Morgan fingerprint density at radius 1 is 1.32 bits per heavy atom.